The molecule has 2 aliphatic rings. The van der Waals surface area contributed by atoms with Crippen LogP contribution in [0, 0.1) is 6.92 Å². The number of halogens is 1. The molecule has 1 fully saturated rings. The number of rotatable bonds is 5. The summed E-state index contributed by atoms with van der Waals surface area (Å²) < 4.78 is 0. The number of nitrogens with zero attached hydrogens (tertiary/aromatic N) is 2. The van der Waals surface area contributed by atoms with Gasteiger partial charge in [-0.25, -0.2) is 0 Å². The number of carbonyl (C=O) groups is 2. The Morgan fingerprint density at radius 2 is 1.96 bits per heavy atom. The van der Waals surface area contributed by atoms with Crippen molar-refractivity contribution < 1.29 is 9.59 Å². The summed E-state index contributed by atoms with van der Waals surface area (Å²) in [7, 11) is 0. The Balaban J connectivity index is 1.62. The molecule has 2 heterocycles. The maximum Gasteiger partial charge on any atom is 0.243 e. The smallest absolute Gasteiger partial charge is 0.243 e. The van der Waals surface area contributed by atoms with Gasteiger partial charge in [-0.3, -0.25) is 9.59 Å². The SMILES string of the molecule is Cc1ccc(C2c3ccsc3CCN2C(=O)CN(C(=O)C(C)Cl)C2CC2)cc1. The van der Waals surface area contributed by atoms with Crippen molar-refractivity contribution in [2.24, 2.45) is 0 Å². The standard InChI is InChI=1S/C22H25ClN2O2S/c1-14-3-5-16(6-4-14)21-18-10-12-28-19(18)9-11-24(21)20(26)13-25(17-7-8-17)22(27)15(2)23/h3-6,10,12,15,17,21H,7-9,11,13H2,1-2H3. The van der Waals surface area contributed by atoms with E-state index >= 15 is 0 Å². The van der Waals surface area contributed by atoms with Crippen LogP contribution >= 0.6 is 22.9 Å². The average Bonchev–Trinajstić information content (AvgIpc) is 3.41. The molecule has 2 unspecified atom stereocenters. The summed E-state index contributed by atoms with van der Waals surface area (Å²) in [6.45, 7) is 4.53. The van der Waals surface area contributed by atoms with Gasteiger partial charge in [0.05, 0.1) is 6.04 Å². The van der Waals surface area contributed by atoms with Crippen molar-refractivity contribution in [2.75, 3.05) is 13.1 Å². The van der Waals surface area contributed by atoms with Crippen molar-refractivity contribution in [1.82, 2.24) is 9.80 Å². The zero-order valence-corrected chi connectivity index (χ0v) is 17.8. The zero-order chi connectivity index (χ0) is 19.8. The molecule has 1 aromatic heterocycles. The Labute approximate surface area is 175 Å². The van der Waals surface area contributed by atoms with E-state index in [1.807, 2.05) is 4.90 Å². The van der Waals surface area contributed by atoms with Gasteiger partial charge in [0.15, 0.2) is 0 Å². The fourth-order valence-electron chi connectivity index (χ4n) is 3.93. The van der Waals surface area contributed by atoms with Crippen LogP contribution in [0.2, 0.25) is 0 Å². The fraction of sp³-hybridized carbons (Fsp3) is 0.455. The van der Waals surface area contributed by atoms with Gasteiger partial charge in [-0.05, 0) is 55.7 Å². The third-order valence-corrected chi connectivity index (χ3v) is 6.78. The van der Waals surface area contributed by atoms with Gasteiger partial charge < -0.3 is 9.80 Å². The first-order valence-electron chi connectivity index (χ1n) is 9.82. The van der Waals surface area contributed by atoms with E-state index in [2.05, 4.69) is 42.6 Å². The van der Waals surface area contributed by atoms with Gasteiger partial charge in [0.1, 0.15) is 11.9 Å². The van der Waals surface area contributed by atoms with Gasteiger partial charge in [-0.1, -0.05) is 29.8 Å². The summed E-state index contributed by atoms with van der Waals surface area (Å²) in [5.74, 6) is -0.141. The number of hydrogen-bond donors (Lipinski definition) is 0. The van der Waals surface area contributed by atoms with Crippen molar-refractivity contribution in [3.05, 3.63) is 57.3 Å². The number of fused-ring (bicyclic) bond motifs is 1. The van der Waals surface area contributed by atoms with E-state index in [4.69, 9.17) is 11.6 Å². The number of hydrogen-bond acceptors (Lipinski definition) is 3. The largest absolute Gasteiger partial charge is 0.330 e. The molecular weight excluding hydrogens is 392 g/mol. The van der Waals surface area contributed by atoms with Crippen LogP contribution in [0.25, 0.3) is 0 Å². The maximum absolute atomic E-state index is 13.3. The van der Waals surface area contributed by atoms with Gasteiger partial charge in [0.2, 0.25) is 11.8 Å². The lowest BCUT2D eigenvalue weighted by molar-refractivity contribution is -0.141. The minimum atomic E-state index is -0.605. The number of thiophene rings is 1. The average molecular weight is 417 g/mol. The minimum absolute atomic E-state index is 0.00000772. The van der Waals surface area contributed by atoms with Gasteiger partial charge in [-0.2, -0.15) is 0 Å². The van der Waals surface area contributed by atoms with Gasteiger partial charge >= 0.3 is 0 Å². The Morgan fingerprint density at radius 1 is 1.25 bits per heavy atom. The molecule has 4 nitrogen and oxygen atoms in total. The molecule has 28 heavy (non-hydrogen) atoms. The van der Waals surface area contributed by atoms with Crippen LogP contribution in [-0.2, 0) is 16.0 Å². The second-order valence-corrected chi connectivity index (χ2v) is 9.42. The van der Waals surface area contributed by atoms with Crippen LogP contribution in [0.5, 0.6) is 0 Å². The summed E-state index contributed by atoms with van der Waals surface area (Å²) in [5.41, 5.74) is 3.53. The number of aryl methyl sites for hydroxylation is 1. The van der Waals surface area contributed by atoms with Crippen LogP contribution in [0.3, 0.4) is 0 Å². The maximum atomic E-state index is 13.3. The van der Waals surface area contributed by atoms with Crippen molar-refractivity contribution in [3.8, 4) is 0 Å². The molecular formula is C22H25ClN2O2S. The molecule has 0 bridgehead atoms. The van der Waals surface area contributed by atoms with Crippen LogP contribution in [0.15, 0.2) is 35.7 Å². The lowest BCUT2D eigenvalue weighted by Gasteiger charge is -2.38. The monoisotopic (exact) mass is 416 g/mol. The molecule has 2 aromatic rings. The summed E-state index contributed by atoms with van der Waals surface area (Å²) in [4.78, 5) is 30.8. The molecule has 4 rings (SSSR count). The van der Waals surface area contributed by atoms with Gasteiger partial charge in [-0.15, -0.1) is 22.9 Å². The minimum Gasteiger partial charge on any atom is -0.330 e. The molecule has 2 amide bonds. The lowest BCUT2D eigenvalue weighted by atomic mass is 9.92. The molecule has 148 valence electrons. The molecule has 1 aliphatic carbocycles. The van der Waals surface area contributed by atoms with Crippen molar-refractivity contribution in [1.29, 1.82) is 0 Å². The Kier molecular flexibility index (Phi) is 5.48. The highest BCUT2D eigenvalue weighted by molar-refractivity contribution is 7.10. The first kappa shape index (κ1) is 19.5. The number of alkyl halides is 1. The topological polar surface area (TPSA) is 40.6 Å². The molecule has 1 aromatic carbocycles. The lowest BCUT2D eigenvalue weighted by Crippen LogP contribution is -2.48. The molecule has 1 aliphatic heterocycles. The van der Waals surface area contributed by atoms with E-state index in [9.17, 15) is 9.59 Å². The summed E-state index contributed by atoms with van der Waals surface area (Å²) >= 11 is 7.80. The molecule has 0 N–H and O–H groups in total. The summed E-state index contributed by atoms with van der Waals surface area (Å²) in [6.07, 6.45) is 2.78. The summed E-state index contributed by atoms with van der Waals surface area (Å²) in [5, 5.41) is 1.50. The first-order chi connectivity index (χ1) is 13.5. The normalized spacial score (nSPS) is 19.8. The van der Waals surface area contributed by atoms with E-state index in [1.165, 1.54) is 16.0 Å². The molecule has 0 spiro atoms. The van der Waals surface area contributed by atoms with Crippen molar-refractivity contribution in [2.45, 2.75) is 50.6 Å². The molecule has 0 saturated heterocycles. The van der Waals surface area contributed by atoms with Crippen LogP contribution < -0.4 is 0 Å². The highest BCUT2D eigenvalue weighted by Crippen LogP contribution is 2.38. The predicted octanol–water partition coefficient (Wildman–Crippen LogP) is 4.15. The van der Waals surface area contributed by atoms with E-state index in [0.29, 0.717) is 6.54 Å². The fourth-order valence-corrected chi connectivity index (χ4v) is 4.96. The van der Waals surface area contributed by atoms with Gasteiger partial charge in [0.25, 0.3) is 0 Å². The van der Waals surface area contributed by atoms with Gasteiger partial charge in [0, 0.05) is 17.5 Å². The highest BCUT2D eigenvalue weighted by Gasteiger charge is 2.38. The molecule has 1 saturated carbocycles. The Hall–Kier alpha value is -1.85. The molecule has 2 atom stereocenters. The quantitative estimate of drug-likeness (QED) is 0.687. The second kappa shape index (κ2) is 7.88. The van der Waals surface area contributed by atoms with E-state index in [-0.39, 0.29) is 30.4 Å². The number of amides is 2. The van der Waals surface area contributed by atoms with E-state index in [0.717, 1.165) is 24.8 Å². The molecule has 6 heteroatoms. The second-order valence-electron chi connectivity index (χ2n) is 7.76. The third-order valence-electron chi connectivity index (χ3n) is 5.60. The van der Waals surface area contributed by atoms with Crippen LogP contribution in [0.1, 0.15) is 47.4 Å². The predicted molar refractivity (Wildman–Crippen MR) is 113 cm³/mol. The van der Waals surface area contributed by atoms with Crippen LogP contribution in [-0.4, -0.2) is 46.1 Å². The summed E-state index contributed by atoms with van der Waals surface area (Å²) in [6, 6.07) is 10.6. The first-order valence-corrected chi connectivity index (χ1v) is 11.1. The third kappa shape index (κ3) is 3.83. The van der Waals surface area contributed by atoms with Crippen LogP contribution in [0.4, 0.5) is 0 Å². The van der Waals surface area contributed by atoms with E-state index < -0.39 is 5.38 Å². The van der Waals surface area contributed by atoms with Crippen molar-refractivity contribution >= 4 is 34.8 Å². The number of benzene rings is 1. The zero-order valence-electron chi connectivity index (χ0n) is 16.2. The Bertz CT molecular complexity index is 873. The van der Waals surface area contributed by atoms with E-state index in [1.54, 1.807) is 23.2 Å². The number of carbonyl (C=O) groups excluding carboxylic acids is 2. The molecule has 0 radical (unpaired) electrons. The Morgan fingerprint density at radius 3 is 2.61 bits per heavy atom. The van der Waals surface area contributed by atoms with Crippen molar-refractivity contribution in [3.63, 3.8) is 0 Å². The highest BCUT2D eigenvalue weighted by atomic mass is 35.5.